The molecule has 0 aromatic rings. The molecule has 5 atom stereocenters. The molecule has 11 heavy (non-hydrogen) atoms. The van der Waals surface area contributed by atoms with Crippen molar-refractivity contribution >= 4 is 0 Å². The molecule has 0 aliphatic carbocycles. The molecule has 6 nitrogen and oxygen atoms in total. The van der Waals surface area contributed by atoms with Crippen LogP contribution in [0.3, 0.4) is 0 Å². The Morgan fingerprint density at radius 3 is 1.36 bits per heavy atom. The van der Waals surface area contributed by atoms with Crippen molar-refractivity contribution in [1.82, 2.24) is 0 Å². The average Bonchev–Trinajstić information content (AvgIpc) is 1.97. The van der Waals surface area contributed by atoms with Crippen LogP contribution < -0.4 is 0 Å². The molecule has 0 saturated carbocycles. The quantitative estimate of drug-likeness (QED) is 0.258. The smallest absolute Gasteiger partial charge is 0.186 e. The van der Waals surface area contributed by atoms with Crippen LogP contribution in [0.25, 0.3) is 0 Å². The molecule has 0 spiro atoms. The minimum atomic E-state index is -1.66. The minimum absolute atomic E-state index is 1.59. The van der Waals surface area contributed by atoms with Crippen LogP contribution in [0.5, 0.6) is 0 Å². The summed E-state index contributed by atoms with van der Waals surface area (Å²) in [6.07, 6.45) is -8.10. The third-order valence-corrected chi connectivity index (χ3v) is 1.56. The van der Waals surface area contributed by atoms with Crippen LogP contribution in [-0.4, -0.2) is 56.4 Å². The molecule has 6 heteroatoms. The highest BCUT2D eigenvalue weighted by atomic mass is 16.7. The predicted molar refractivity (Wildman–Crippen MR) is 31.1 cm³/mol. The van der Waals surface area contributed by atoms with Crippen molar-refractivity contribution in [2.75, 3.05) is 0 Å². The van der Waals surface area contributed by atoms with E-state index in [9.17, 15) is 0 Å². The number of ether oxygens (including phenoxy) is 1. The summed E-state index contributed by atoms with van der Waals surface area (Å²) in [5, 5.41) is 44.0. The van der Waals surface area contributed by atoms with Gasteiger partial charge in [0.15, 0.2) is 12.6 Å². The summed E-state index contributed by atoms with van der Waals surface area (Å²) in [6.45, 7) is 0. The maximum Gasteiger partial charge on any atom is 0.186 e. The molecule has 66 valence electrons. The lowest BCUT2D eigenvalue weighted by atomic mass is 10.0. The van der Waals surface area contributed by atoms with Crippen LogP contribution in [0.15, 0.2) is 0 Å². The number of hydrogen-bond donors (Lipinski definition) is 5. The maximum absolute atomic E-state index is 8.89. The molecule has 1 heterocycles. The third-order valence-electron chi connectivity index (χ3n) is 1.56. The van der Waals surface area contributed by atoms with E-state index in [0.29, 0.717) is 0 Å². The number of aliphatic hydroxyl groups excluding tert-OH is 5. The first-order valence-electron chi connectivity index (χ1n) is 3.10. The Hall–Kier alpha value is -0.240. The van der Waals surface area contributed by atoms with Gasteiger partial charge in [-0.05, 0) is 0 Å². The molecule has 1 rings (SSSR count). The predicted octanol–water partition coefficient (Wildman–Crippen LogP) is -3.26. The largest absolute Gasteiger partial charge is 0.387 e. The summed E-state index contributed by atoms with van der Waals surface area (Å²) in [6, 6.07) is 0. The highest BCUT2D eigenvalue weighted by Gasteiger charge is 2.42. The van der Waals surface area contributed by atoms with E-state index in [1.54, 1.807) is 0 Å². The summed E-state index contributed by atoms with van der Waals surface area (Å²) in [5.74, 6) is 0. The van der Waals surface area contributed by atoms with E-state index >= 15 is 0 Å². The highest BCUT2D eigenvalue weighted by molar-refractivity contribution is 4.83. The zero-order valence-electron chi connectivity index (χ0n) is 5.53. The van der Waals surface area contributed by atoms with Gasteiger partial charge in [0.1, 0.15) is 18.3 Å². The van der Waals surface area contributed by atoms with E-state index in [2.05, 4.69) is 4.74 Å². The maximum atomic E-state index is 8.89. The van der Waals surface area contributed by atoms with E-state index in [4.69, 9.17) is 25.5 Å². The average molecular weight is 166 g/mol. The molecule has 0 radical (unpaired) electrons. The Morgan fingerprint density at radius 1 is 0.636 bits per heavy atom. The first-order valence-corrected chi connectivity index (χ1v) is 3.10. The number of hydrogen-bond acceptors (Lipinski definition) is 6. The van der Waals surface area contributed by atoms with Gasteiger partial charge in [-0.1, -0.05) is 0 Å². The zero-order chi connectivity index (χ0) is 8.59. The Kier molecular flexibility index (Phi) is 2.43. The first kappa shape index (κ1) is 8.85. The van der Waals surface area contributed by atoms with Crippen LogP contribution in [0, 0.1) is 0 Å². The zero-order valence-corrected chi connectivity index (χ0v) is 5.53. The van der Waals surface area contributed by atoms with Crippen LogP contribution in [0.4, 0.5) is 0 Å². The van der Waals surface area contributed by atoms with E-state index in [1.165, 1.54) is 0 Å². The fraction of sp³-hybridized carbons (Fsp3) is 1.00. The van der Waals surface area contributed by atoms with Crippen molar-refractivity contribution in [2.45, 2.75) is 30.9 Å². The second-order valence-corrected chi connectivity index (χ2v) is 2.39. The van der Waals surface area contributed by atoms with Gasteiger partial charge in [-0.25, -0.2) is 0 Å². The molecule has 0 amide bonds. The standard InChI is InChI=1S/C5H10O6/c6-1-2(7)4(9)11-5(10)3(1)8/h1-10H/t1?,2-,3?,4-,5+/m0/s1. The molecule has 0 bridgehead atoms. The first-order chi connectivity index (χ1) is 5.04. The van der Waals surface area contributed by atoms with Gasteiger partial charge in [-0.3, -0.25) is 0 Å². The lowest BCUT2D eigenvalue weighted by Gasteiger charge is -2.35. The third kappa shape index (κ3) is 1.51. The number of rotatable bonds is 0. The van der Waals surface area contributed by atoms with E-state index in [0.717, 1.165) is 0 Å². The SMILES string of the molecule is OC1C(O)[C@H](O)[C@@H](O)O[C@H]1O. The van der Waals surface area contributed by atoms with Crippen molar-refractivity contribution in [3.63, 3.8) is 0 Å². The van der Waals surface area contributed by atoms with Gasteiger partial charge in [0, 0.05) is 0 Å². The lowest BCUT2D eigenvalue weighted by Crippen LogP contribution is -2.57. The van der Waals surface area contributed by atoms with E-state index in [-0.39, 0.29) is 0 Å². The number of aliphatic hydroxyl groups is 5. The fourth-order valence-corrected chi connectivity index (χ4v) is 0.843. The Balaban J connectivity index is 2.63. The molecule has 5 N–H and O–H groups in total. The van der Waals surface area contributed by atoms with Crippen LogP contribution in [0.1, 0.15) is 0 Å². The van der Waals surface area contributed by atoms with Crippen LogP contribution >= 0.6 is 0 Å². The van der Waals surface area contributed by atoms with Crippen LogP contribution in [-0.2, 0) is 4.74 Å². The minimum Gasteiger partial charge on any atom is -0.387 e. The van der Waals surface area contributed by atoms with Gasteiger partial charge in [0.2, 0.25) is 0 Å². The van der Waals surface area contributed by atoms with Crippen LogP contribution in [0.2, 0.25) is 0 Å². The monoisotopic (exact) mass is 166 g/mol. The van der Waals surface area contributed by atoms with Gasteiger partial charge in [-0.2, -0.15) is 0 Å². The van der Waals surface area contributed by atoms with Crippen molar-refractivity contribution in [3.8, 4) is 0 Å². The summed E-state index contributed by atoms with van der Waals surface area (Å²) < 4.78 is 4.23. The summed E-state index contributed by atoms with van der Waals surface area (Å²) in [4.78, 5) is 0. The normalized spacial score (nSPS) is 52.6. The Bertz CT molecular complexity index is 125. The topological polar surface area (TPSA) is 110 Å². The summed E-state index contributed by atoms with van der Waals surface area (Å²) >= 11 is 0. The van der Waals surface area contributed by atoms with Gasteiger partial charge >= 0.3 is 0 Å². The van der Waals surface area contributed by atoms with Crippen molar-refractivity contribution in [2.24, 2.45) is 0 Å². The molecule has 2 unspecified atom stereocenters. The van der Waals surface area contributed by atoms with Gasteiger partial charge in [0.25, 0.3) is 0 Å². The molecule has 1 fully saturated rings. The molecule has 1 aliphatic rings. The Morgan fingerprint density at radius 2 is 1.00 bits per heavy atom. The van der Waals surface area contributed by atoms with Crippen molar-refractivity contribution in [1.29, 1.82) is 0 Å². The van der Waals surface area contributed by atoms with Gasteiger partial charge in [-0.15, -0.1) is 0 Å². The highest BCUT2D eigenvalue weighted by Crippen LogP contribution is 2.17. The van der Waals surface area contributed by atoms with E-state index in [1.807, 2.05) is 0 Å². The van der Waals surface area contributed by atoms with Crippen molar-refractivity contribution in [3.05, 3.63) is 0 Å². The molecule has 0 aromatic carbocycles. The summed E-state index contributed by atoms with van der Waals surface area (Å²) in [7, 11) is 0. The second kappa shape index (κ2) is 3.02. The van der Waals surface area contributed by atoms with Gasteiger partial charge in [0.05, 0.1) is 0 Å². The molecule has 1 aliphatic heterocycles. The molecular formula is C5H10O6. The summed E-state index contributed by atoms with van der Waals surface area (Å²) in [5.41, 5.74) is 0. The molecule has 1 saturated heterocycles. The molecule has 0 aromatic heterocycles. The Labute approximate surface area is 62.3 Å². The second-order valence-electron chi connectivity index (χ2n) is 2.39. The molecular weight excluding hydrogens is 156 g/mol. The van der Waals surface area contributed by atoms with E-state index < -0.39 is 30.9 Å². The van der Waals surface area contributed by atoms with Crippen molar-refractivity contribution < 1.29 is 30.3 Å². The fourth-order valence-electron chi connectivity index (χ4n) is 0.843. The van der Waals surface area contributed by atoms with Gasteiger partial charge < -0.3 is 30.3 Å². The lowest BCUT2D eigenvalue weighted by molar-refractivity contribution is -0.328.